The van der Waals surface area contributed by atoms with E-state index in [9.17, 15) is 9.90 Å². The van der Waals surface area contributed by atoms with E-state index in [2.05, 4.69) is 71.1 Å². The molecule has 1 N–H and O–H groups in total. The average molecular weight is 456 g/mol. The highest BCUT2D eigenvalue weighted by Crippen LogP contribution is 2.44. The first-order valence-corrected chi connectivity index (χ1v) is 13.0. The summed E-state index contributed by atoms with van der Waals surface area (Å²) in [5.41, 5.74) is -0.0556. The van der Waals surface area contributed by atoms with Crippen LogP contribution >= 0.6 is 0 Å². The van der Waals surface area contributed by atoms with E-state index < -0.39 is 5.72 Å². The number of amides is 1. The van der Waals surface area contributed by atoms with Crippen LogP contribution in [0.25, 0.3) is 0 Å². The minimum absolute atomic E-state index is 0.0633. The number of piperidine rings is 1. The zero-order valence-corrected chi connectivity index (χ0v) is 20.8. The first-order chi connectivity index (χ1) is 15.8. The van der Waals surface area contributed by atoms with Gasteiger partial charge in [0.1, 0.15) is 0 Å². The third kappa shape index (κ3) is 5.79. The summed E-state index contributed by atoms with van der Waals surface area (Å²) in [5, 5.41) is 16.0. The molecule has 1 saturated carbocycles. The summed E-state index contributed by atoms with van der Waals surface area (Å²) < 4.78 is 0. The minimum Gasteiger partial charge on any atom is -0.328 e. The molecule has 4 atom stereocenters. The number of likely N-dealkylation sites (tertiary alicyclic amines) is 1. The van der Waals surface area contributed by atoms with Crippen molar-refractivity contribution in [3.63, 3.8) is 0 Å². The number of hydrogen-bond donors (Lipinski definition) is 1. The SMILES string of the molecule is CC(C)(C)C1CC(N2CCN(C3CCCCN3Cc3ccccc3)CC2)CCC1([O])NC=O. The second-order valence-corrected chi connectivity index (χ2v) is 11.5. The van der Waals surface area contributed by atoms with Gasteiger partial charge in [-0.2, -0.15) is 0 Å². The van der Waals surface area contributed by atoms with E-state index in [0.717, 1.165) is 45.6 Å². The summed E-state index contributed by atoms with van der Waals surface area (Å²) >= 11 is 0. The number of nitrogens with one attached hydrogen (secondary N) is 1. The molecule has 6 heteroatoms. The standard InChI is InChI=1S/C27H43N4O2/c1-26(2,3)24-19-23(12-13-27(24,33)28-21-32)29-15-17-30(18-16-29)25-11-7-8-14-31(25)20-22-9-5-4-6-10-22/h4-6,9-10,21,23-25H,7-8,11-20H2,1-3H3,(H,28,32). The van der Waals surface area contributed by atoms with Gasteiger partial charge in [0.25, 0.3) is 0 Å². The molecular weight excluding hydrogens is 412 g/mol. The average Bonchev–Trinajstić information content (AvgIpc) is 2.80. The normalized spacial score (nSPS) is 33.0. The van der Waals surface area contributed by atoms with Crippen LogP contribution in [0, 0.1) is 11.3 Å². The monoisotopic (exact) mass is 455 g/mol. The van der Waals surface area contributed by atoms with Crippen molar-refractivity contribution in [2.75, 3.05) is 32.7 Å². The predicted octanol–water partition coefficient (Wildman–Crippen LogP) is 3.70. The van der Waals surface area contributed by atoms with Gasteiger partial charge < -0.3 is 5.32 Å². The van der Waals surface area contributed by atoms with Crippen molar-refractivity contribution in [1.82, 2.24) is 20.0 Å². The summed E-state index contributed by atoms with van der Waals surface area (Å²) in [5.74, 6) is -0.0633. The van der Waals surface area contributed by atoms with Crippen LogP contribution in [-0.4, -0.2) is 71.8 Å². The smallest absolute Gasteiger partial charge is 0.209 e. The molecule has 0 aromatic heterocycles. The van der Waals surface area contributed by atoms with Crippen molar-refractivity contribution in [2.45, 2.75) is 83.8 Å². The maximum atomic E-state index is 13.4. The molecule has 1 amide bonds. The summed E-state index contributed by atoms with van der Waals surface area (Å²) in [7, 11) is 0. The second kappa shape index (κ2) is 10.4. The molecule has 4 rings (SSSR count). The quantitative estimate of drug-likeness (QED) is 0.525. The Labute approximate surface area is 200 Å². The van der Waals surface area contributed by atoms with Gasteiger partial charge in [-0.1, -0.05) is 51.1 Å². The fourth-order valence-corrected chi connectivity index (χ4v) is 6.58. The van der Waals surface area contributed by atoms with Gasteiger partial charge in [0.2, 0.25) is 6.41 Å². The number of hydrogen-bond acceptors (Lipinski definition) is 4. The molecule has 0 spiro atoms. The maximum absolute atomic E-state index is 13.4. The van der Waals surface area contributed by atoms with Crippen LogP contribution in [-0.2, 0) is 16.4 Å². The van der Waals surface area contributed by atoms with Gasteiger partial charge in [0.05, 0.1) is 6.17 Å². The molecule has 1 aromatic carbocycles. The molecular formula is C27H43N4O2. The molecule has 3 fully saturated rings. The number of nitrogens with zero attached hydrogens (tertiary/aromatic N) is 3. The first kappa shape index (κ1) is 24.6. The molecule has 2 aliphatic heterocycles. The Hall–Kier alpha value is -1.47. The lowest BCUT2D eigenvalue weighted by molar-refractivity contribution is -0.172. The lowest BCUT2D eigenvalue weighted by Gasteiger charge is -2.51. The van der Waals surface area contributed by atoms with Gasteiger partial charge in [-0.15, -0.1) is 0 Å². The fourth-order valence-electron chi connectivity index (χ4n) is 6.58. The van der Waals surface area contributed by atoms with E-state index in [0.29, 0.717) is 25.0 Å². The van der Waals surface area contributed by atoms with Gasteiger partial charge in [0, 0.05) is 44.7 Å². The Morgan fingerprint density at radius 3 is 2.36 bits per heavy atom. The van der Waals surface area contributed by atoms with E-state index in [1.54, 1.807) is 0 Å². The van der Waals surface area contributed by atoms with Crippen LogP contribution in [0.4, 0.5) is 0 Å². The second-order valence-electron chi connectivity index (χ2n) is 11.5. The topological polar surface area (TPSA) is 58.7 Å². The first-order valence-electron chi connectivity index (χ1n) is 13.0. The van der Waals surface area contributed by atoms with E-state index in [1.807, 2.05) is 0 Å². The number of rotatable bonds is 6. The Balaban J connectivity index is 1.35. The van der Waals surface area contributed by atoms with Crippen LogP contribution in [0.15, 0.2) is 30.3 Å². The Morgan fingerprint density at radius 2 is 1.70 bits per heavy atom. The zero-order valence-electron chi connectivity index (χ0n) is 20.8. The van der Waals surface area contributed by atoms with Gasteiger partial charge in [-0.3, -0.25) is 19.5 Å². The van der Waals surface area contributed by atoms with Crippen LogP contribution in [0.2, 0.25) is 0 Å². The van der Waals surface area contributed by atoms with Gasteiger partial charge in [-0.25, -0.2) is 5.11 Å². The highest BCUT2D eigenvalue weighted by molar-refractivity contribution is 5.47. The minimum atomic E-state index is -1.33. The van der Waals surface area contributed by atoms with E-state index in [1.165, 1.54) is 31.4 Å². The van der Waals surface area contributed by atoms with Gasteiger partial charge in [0.15, 0.2) is 5.72 Å². The molecule has 1 aliphatic carbocycles. The molecule has 0 bridgehead atoms. The van der Waals surface area contributed by atoms with Gasteiger partial charge in [-0.05, 0) is 56.0 Å². The lowest BCUT2D eigenvalue weighted by Crippen LogP contribution is -2.62. The number of carbonyl (C=O) groups is 1. The van der Waals surface area contributed by atoms with Crippen molar-refractivity contribution >= 4 is 6.41 Å². The van der Waals surface area contributed by atoms with Crippen LogP contribution in [0.3, 0.4) is 0 Å². The van der Waals surface area contributed by atoms with Crippen molar-refractivity contribution in [3.8, 4) is 0 Å². The van der Waals surface area contributed by atoms with Crippen LogP contribution in [0.1, 0.15) is 64.9 Å². The highest BCUT2D eigenvalue weighted by Gasteiger charge is 2.50. The molecule has 3 aliphatic rings. The number of carbonyl (C=O) groups excluding carboxylic acids is 1. The molecule has 6 nitrogen and oxygen atoms in total. The predicted molar refractivity (Wildman–Crippen MR) is 131 cm³/mol. The molecule has 4 unspecified atom stereocenters. The number of piperazine rings is 1. The maximum Gasteiger partial charge on any atom is 0.209 e. The fraction of sp³-hybridized carbons (Fsp3) is 0.741. The summed E-state index contributed by atoms with van der Waals surface area (Å²) in [6, 6.07) is 11.3. The third-order valence-corrected chi connectivity index (χ3v) is 8.36. The molecule has 2 saturated heterocycles. The Kier molecular flexibility index (Phi) is 7.79. The van der Waals surface area contributed by atoms with Crippen LogP contribution in [0.5, 0.6) is 0 Å². The summed E-state index contributed by atoms with van der Waals surface area (Å²) in [6.07, 6.45) is 7.30. The Morgan fingerprint density at radius 1 is 1.00 bits per heavy atom. The van der Waals surface area contributed by atoms with Crippen LogP contribution < -0.4 is 5.32 Å². The summed E-state index contributed by atoms with van der Waals surface area (Å²) in [6.45, 7) is 13.0. The molecule has 183 valence electrons. The van der Waals surface area contributed by atoms with Crippen molar-refractivity contribution in [3.05, 3.63) is 35.9 Å². The lowest BCUT2D eigenvalue weighted by atomic mass is 9.66. The Bertz CT molecular complexity index is 759. The van der Waals surface area contributed by atoms with E-state index in [4.69, 9.17) is 0 Å². The van der Waals surface area contributed by atoms with Crippen molar-refractivity contribution in [2.24, 2.45) is 11.3 Å². The molecule has 1 radical (unpaired) electrons. The highest BCUT2D eigenvalue weighted by atomic mass is 16.3. The molecule has 2 heterocycles. The van der Waals surface area contributed by atoms with Crippen molar-refractivity contribution < 1.29 is 9.90 Å². The molecule has 33 heavy (non-hydrogen) atoms. The van der Waals surface area contributed by atoms with E-state index >= 15 is 0 Å². The van der Waals surface area contributed by atoms with Gasteiger partial charge >= 0.3 is 0 Å². The largest absolute Gasteiger partial charge is 0.328 e. The summed E-state index contributed by atoms with van der Waals surface area (Å²) in [4.78, 5) is 19.1. The third-order valence-electron chi connectivity index (χ3n) is 8.36. The molecule has 1 aromatic rings. The zero-order chi connectivity index (χ0) is 23.5. The van der Waals surface area contributed by atoms with Crippen molar-refractivity contribution in [1.29, 1.82) is 0 Å². The number of benzene rings is 1. The van der Waals surface area contributed by atoms with E-state index in [-0.39, 0.29) is 11.3 Å².